The molecule has 1 aliphatic rings. The zero-order chi connectivity index (χ0) is 22.3. The van der Waals surface area contributed by atoms with Crippen LogP contribution in [0, 0.1) is 5.82 Å². The Morgan fingerprint density at radius 3 is 2.81 bits per heavy atom. The molecule has 0 bridgehead atoms. The number of nitrogens with zero attached hydrogens (tertiary/aromatic N) is 2. The van der Waals surface area contributed by atoms with Crippen molar-refractivity contribution in [3.05, 3.63) is 76.8 Å². The van der Waals surface area contributed by atoms with E-state index in [1.54, 1.807) is 12.3 Å². The maximum Gasteiger partial charge on any atom is 0.314 e. The molecule has 8 heteroatoms. The largest absolute Gasteiger partial charge is 0.489 e. The van der Waals surface area contributed by atoms with Gasteiger partial charge in [-0.25, -0.2) is 9.37 Å². The highest BCUT2D eigenvalue weighted by Crippen LogP contribution is 2.37. The van der Waals surface area contributed by atoms with E-state index in [4.69, 9.17) is 21.1 Å². The van der Waals surface area contributed by atoms with Crippen LogP contribution in [0.3, 0.4) is 0 Å². The summed E-state index contributed by atoms with van der Waals surface area (Å²) in [5.41, 5.74) is 1.71. The summed E-state index contributed by atoms with van der Waals surface area (Å²) in [5, 5.41) is 11.4. The fourth-order valence-electron chi connectivity index (χ4n) is 4.32. The van der Waals surface area contributed by atoms with Gasteiger partial charge in [0.25, 0.3) is 0 Å². The summed E-state index contributed by atoms with van der Waals surface area (Å²) in [4.78, 5) is 16.4. The van der Waals surface area contributed by atoms with Crippen LogP contribution in [-0.4, -0.2) is 33.7 Å². The summed E-state index contributed by atoms with van der Waals surface area (Å²) in [6.07, 6.45) is 4.14. The summed E-state index contributed by atoms with van der Waals surface area (Å²) >= 11 is 6.38. The Balaban J connectivity index is 1.45. The van der Waals surface area contributed by atoms with Crippen molar-refractivity contribution in [1.82, 2.24) is 9.38 Å². The van der Waals surface area contributed by atoms with E-state index in [1.165, 1.54) is 12.1 Å². The minimum absolute atomic E-state index is 0.185. The van der Waals surface area contributed by atoms with E-state index in [0.717, 1.165) is 22.1 Å². The molecule has 2 aromatic carbocycles. The standard InChI is InChI=1S/C24H20ClFN2O4/c25-20-13-22-27-5-6-28(22)21-9-15(1-2-19(20)21)14-32-18-11-16(10-17(26)12-18)24(23(29)30)3-7-31-8-4-24/h1-2,5-6,9-13H,3-4,7-8,14H2,(H,29,30). The monoisotopic (exact) mass is 454 g/mol. The number of aromatic nitrogens is 2. The summed E-state index contributed by atoms with van der Waals surface area (Å²) in [6.45, 7) is 0.827. The Morgan fingerprint density at radius 2 is 2.03 bits per heavy atom. The SMILES string of the molecule is O=C(O)C1(c2cc(F)cc(OCc3ccc4c(Cl)cc5nccn5c4c3)c2)CCOCC1. The maximum atomic E-state index is 14.4. The Labute approximate surface area is 188 Å². The third kappa shape index (κ3) is 3.57. The highest BCUT2D eigenvalue weighted by atomic mass is 35.5. The fourth-order valence-corrected chi connectivity index (χ4v) is 4.58. The van der Waals surface area contributed by atoms with Crippen LogP contribution in [0.4, 0.5) is 4.39 Å². The molecule has 0 atom stereocenters. The van der Waals surface area contributed by atoms with Crippen LogP contribution >= 0.6 is 11.6 Å². The Bertz CT molecular complexity index is 1330. The number of rotatable bonds is 5. The van der Waals surface area contributed by atoms with Crippen LogP contribution in [0.5, 0.6) is 5.75 Å². The number of pyridine rings is 1. The second kappa shape index (κ2) is 8.07. The highest BCUT2D eigenvalue weighted by Gasteiger charge is 2.42. The van der Waals surface area contributed by atoms with Crippen molar-refractivity contribution in [2.75, 3.05) is 13.2 Å². The fraction of sp³-hybridized carbons (Fsp3) is 0.250. The third-order valence-corrected chi connectivity index (χ3v) is 6.40. The van der Waals surface area contributed by atoms with Crippen molar-refractivity contribution in [3.8, 4) is 5.75 Å². The number of carboxylic acid groups (broad SMARTS) is 1. The van der Waals surface area contributed by atoms with Gasteiger partial charge in [-0.15, -0.1) is 0 Å². The molecule has 0 amide bonds. The van der Waals surface area contributed by atoms with Crippen molar-refractivity contribution in [1.29, 1.82) is 0 Å². The van der Waals surface area contributed by atoms with E-state index >= 15 is 0 Å². The van der Waals surface area contributed by atoms with Crippen molar-refractivity contribution in [2.24, 2.45) is 0 Å². The van der Waals surface area contributed by atoms with Gasteiger partial charge in [0.05, 0.1) is 16.0 Å². The van der Waals surface area contributed by atoms with Crippen LogP contribution in [-0.2, 0) is 21.6 Å². The van der Waals surface area contributed by atoms with Crippen LogP contribution in [0.1, 0.15) is 24.0 Å². The van der Waals surface area contributed by atoms with Gasteiger partial charge in [-0.2, -0.15) is 0 Å². The average molecular weight is 455 g/mol. The number of carbonyl (C=O) groups is 1. The maximum absolute atomic E-state index is 14.4. The normalized spacial score (nSPS) is 15.8. The molecule has 5 rings (SSSR count). The Hall–Kier alpha value is -3.16. The van der Waals surface area contributed by atoms with Gasteiger partial charge in [-0.3, -0.25) is 9.20 Å². The molecule has 1 fully saturated rings. The lowest BCUT2D eigenvalue weighted by atomic mass is 9.74. The second-order valence-electron chi connectivity index (χ2n) is 7.96. The lowest BCUT2D eigenvalue weighted by Gasteiger charge is -2.33. The summed E-state index contributed by atoms with van der Waals surface area (Å²) in [5.74, 6) is -1.23. The molecule has 3 heterocycles. The molecule has 164 valence electrons. The predicted octanol–water partition coefficient (Wildman–Crippen LogP) is 4.99. The highest BCUT2D eigenvalue weighted by molar-refractivity contribution is 6.35. The molecule has 6 nitrogen and oxygen atoms in total. The first kappa shape index (κ1) is 20.7. The van der Waals surface area contributed by atoms with Crippen LogP contribution in [0.15, 0.2) is 54.9 Å². The molecule has 2 aromatic heterocycles. The van der Waals surface area contributed by atoms with Crippen LogP contribution in [0.25, 0.3) is 16.6 Å². The Morgan fingerprint density at radius 1 is 1.22 bits per heavy atom. The van der Waals surface area contributed by atoms with Gasteiger partial charge in [0.2, 0.25) is 0 Å². The van der Waals surface area contributed by atoms with E-state index in [9.17, 15) is 14.3 Å². The molecule has 0 radical (unpaired) electrons. The van der Waals surface area contributed by atoms with Crippen LogP contribution < -0.4 is 4.74 Å². The number of imidazole rings is 1. The zero-order valence-electron chi connectivity index (χ0n) is 17.1. The molecular formula is C24H20ClFN2O4. The molecule has 32 heavy (non-hydrogen) atoms. The molecule has 4 aromatic rings. The predicted molar refractivity (Wildman–Crippen MR) is 118 cm³/mol. The molecule has 1 saturated heterocycles. The third-order valence-electron chi connectivity index (χ3n) is 6.09. The first-order chi connectivity index (χ1) is 15.5. The molecule has 0 saturated carbocycles. The first-order valence-electron chi connectivity index (χ1n) is 10.3. The first-order valence-corrected chi connectivity index (χ1v) is 10.6. The topological polar surface area (TPSA) is 73.1 Å². The molecule has 0 aliphatic carbocycles. The summed E-state index contributed by atoms with van der Waals surface area (Å²) < 4.78 is 27.5. The molecule has 1 aliphatic heterocycles. The van der Waals surface area contributed by atoms with Gasteiger partial charge in [-0.05, 0) is 42.2 Å². The number of halogens is 2. The van der Waals surface area contributed by atoms with Crippen LogP contribution in [0.2, 0.25) is 5.02 Å². The van der Waals surface area contributed by atoms with E-state index in [0.29, 0.717) is 23.8 Å². The average Bonchev–Trinajstić information content (AvgIpc) is 3.26. The lowest BCUT2D eigenvalue weighted by Crippen LogP contribution is -2.41. The molecule has 1 N–H and O–H groups in total. The second-order valence-corrected chi connectivity index (χ2v) is 8.37. The van der Waals surface area contributed by atoms with Crippen molar-refractivity contribution in [3.63, 3.8) is 0 Å². The van der Waals surface area contributed by atoms with Gasteiger partial charge in [-0.1, -0.05) is 23.7 Å². The van der Waals surface area contributed by atoms with Crippen molar-refractivity contribution < 1.29 is 23.8 Å². The van der Waals surface area contributed by atoms with Gasteiger partial charge < -0.3 is 14.6 Å². The van der Waals surface area contributed by atoms with E-state index in [-0.39, 0.29) is 25.2 Å². The summed E-state index contributed by atoms with van der Waals surface area (Å²) in [7, 11) is 0. The molecular weight excluding hydrogens is 435 g/mol. The Kier molecular flexibility index (Phi) is 5.23. The number of ether oxygens (including phenoxy) is 2. The lowest BCUT2D eigenvalue weighted by molar-refractivity contribution is -0.147. The number of fused-ring (bicyclic) bond motifs is 3. The van der Waals surface area contributed by atoms with Crippen molar-refractivity contribution >= 4 is 34.1 Å². The minimum atomic E-state index is -1.18. The summed E-state index contributed by atoms with van der Waals surface area (Å²) in [6, 6.07) is 11.7. The molecule has 0 spiro atoms. The number of hydrogen-bond donors (Lipinski definition) is 1. The quantitative estimate of drug-likeness (QED) is 0.460. The number of carboxylic acids is 1. The minimum Gasteiger partial charge on any atom is -0.489 e. The van der Waals surface area contributed by atoms with E-state index < -0.39 is 17.2 Å². The van der Waals surface area contributed by atoms with Gasteiger partial charge in [0, 0.05) is 43.1 Å². The van der Waals surface area contributed by atoms with E-state index in [2.05, 4.69) is 4.98 Å². The smallest absolute Gasteiger partial charge is 0.314 e. The van der Waals surface area contributed by atoms with Gasteiger partial charge in [0.1, 0.15) is 23.8 Å². The van der Waals surface area contributed by atoms with E-state index in [1.807, 2.05) is 34.9 Å². The number of aliphatic carboxylic acids is 1. The zero-order valence-corrected chi connectivity index (χ0v) is 17.8. The number of hydrogen-bond acceptors (Lipinski definition) is 4. The van der Waals surface area contributed by atoms with Crippen molar-refractivity contribution in [2.45, 2.75) is 24.9 Å². The van der Waals surface area contributed by atoms with Gasteiger partial charge >= 0.3 is 5.97 Å². The number of benzene rings is 2. The van der Waals surface area contributed by atoms with Gasteiger partial charge in [0.15, 0.2) is 0 Å². The molecule has 0 unspecified atom stereocenters.